The van der Waals surface area contributed by atoms with Gasteiger partial charge in [0, 0.05) is 21.0 Å². The average Bonchev–Trinajstić information content (AvgIpc) is 2.89. The van der Waals surface area contributed by atoms with Gasteiger partial charge in [-0.25, -0.2) is 0 Å². The first kappa shape index (κ1) is 15.4. The Morgan fingerprint density at radius 2 is 2.00 bits per heavy atom. The van der Waals surface area contributed by atoms with Crippen molar-refractivity contribution in [3.8, 4) is 11.8 Å². The highest BCUT2D eigenvalue weighted by molar-refractivity contribution is 9.10. The Bertz CT molecular complexity index is 917. The Kier molecular flexibility index (Phi) is 4.50. The zero-order valence-corrected chi connectivity index (χ0v) is 14.1. The molecule has 0 unspecified atom stereocenters. The first-order chi connectivity index (χ1) is 11.1. The molecular formula is C19H14BrNO2. The molecule has 0 saturated carbocycles. The minimum atomic E-state index is -0.253. The Labute approximate surface area is 142 Å². The van der Waals surface area contributed by atoms with Gasteiger partial charge in [0.25, 0.3) is 5.91 Å². The zero-order chi connectivity index (χ0) is 16.2. The number of furan rings is 1. The van der Waals surface area contributed by atoms with E-state index in [0.717, 1.165) is 21.0 Å². The number of hydrogen-bond donors (Lipinski definition) is 1. The molecule has 3 aromatic rings. The lowest BCUT2D eigenvalue weighted by molar-refractivity contribution is 0.0932. The topological polar surface area (TPSA) is 42.2 Å². The summed E-state index contributed by atoms with van der Waals surface area (Å²) in [5, 5.41) is 3.70. The van der Waals surface area contributed by atoms with Gasteiger partial charge in [0.05, 0.1) is 6.54 Å². The highest BCUT2D eigenvalue weighted by atomic mass is 79.9. The number of hydrogen-bond acceptors (Lipinski definition) is 2. The third-order valence-corrected chi connectivity index (χ3v) is 3.94. The van der Waals surface area contributed by atoms with Crippen LogP contribution >= 0.6 is 15.9 Å². The molecule has 0 spiro atoms. The Morgan fingerprint density at radius 1 is 1.22 bits per heavy atom. The summed E-state index contributed by atoms with van der Waals surface area (Å²) in [5.74, 6) is 6.01. The molecule has 0 fully saturated rings. The standard InChI is InChI=1S/C19H14BrNO2/c1-13-16-12-15(20)9-10-17(16)23-18(13)19(22)21-11-5-8-14-6-3-2-4-7-14/h2-4,6-7,9-10,12H,11H2,1H3,(H,21,22). The van der Waals surface area contributed by atoms with Crippen LogP contribution in [-0.2, 0) is 0 Å². The fourth-order valence-electron chi connectivity index (χ4n) is 2.28. The van der Waals surface area contributed by atoms with Gasteiger partial charge in [0.15, 0.2) is 5.76 Å². The lowest BCUT2D eigenvalue weighted by Crippen LogP contribution is -2.23. The van der Waals surface area contributed by atoms with E-state index in [4.69, 9.17) is 4.42 Å². The number of amides is 1. The van der Waals surface area contributed by atoms with Crippen molar-refractivity contribution < 1.29 is 9.21 Å². The molecule has 0 atom stereocenters. The van der Waals surface area contributed by atoms with Crippen LogP contribution in [0.2, 0.25) is 0 Å². The summed E-state index contributed by atoms with van der Waals surface area (Å²) >= 11 is 3.43. The van der Waals surface area contributed by atoms with E-state index in [2.05, 4.69) is 33.1 Å². The van der Waals surface area contributed by atoms with Crippen LogP contribution in [0, 0.1) is 18.8 Å². The lowest BCUT2D eigenvalue weighted by Gasteiger charge is -1.98. The van der Waals surface area contributed by atoms with Crippen molar-refractivity contribution in [2.45, 2.75) is 6.92 Å². The monoisotopic (exact) mass is 367 g/mol. The van der Waals surface area contributed by atoms with Gasteiger partial charge < -0.3 is 9.73 Å². The number of fused-ring (bicyclic) bond motifs is 1. The Morgan fingerprint density at radius 3 is 2.78 bits per heavy atom. The molecule has 1 N–H and O–H groups in total. The van der Waals surface area contributed by atoms with Gasteiger partial charge in [0.2, 0.25) is 0 Å². The zero-order valence-electron chi connectivity index (χ0n) is 12.5. The minimum absolute atomic E-state index is 0.253. The van der Waals surface area contributed by atoms with E-state index in [1.54, 1.807) is 0 Å². The third kappa shape index (κ3) is 3.46. The fraction of sp³-hybridized carbons (Fsp3) is 0.105. The summed E-state index contributed by atoms with van der Waals surface area (Å²) in [4.78, 5) is 12.2. The van der Waals surface area contributed by atoms with Crippen LogP contribution in [0.1, 0.15) is 21.7 Å². The van der Waals surface area contributed by atoms with E-state index in [1.807, 2.05) is 55.5 Å². The predicted molar refractivity (Wildman–Crippen MR) is 94.3 cm³/mol. The number of halogens is 1. The molecular weight excluding hydrogens is 354 g/mol. The second-order valence-electron chi connectivity index (χ2n) is 5.05. The maximum Gasteiger partial charge on any atom is 0.288 e. The molecule has 114 valence electrons. The predicted octanol–water partition coefficient (Wildman–Crippen LogP) is 4.29. The van der Waals surface area contributed by atoms with Crippen molar-refractivity contribution >= 4 is 32.8 Å². The van der Waals surface area contributed by atoms with E-state index in [1.165, 1.54) is 0 Å². The molecule has 0 radical (unpaired) electrons. The molecule has 0 aliphatic heterocycles. The number of aryl methyl sites for hydroxylation is 1. The fourth-order valence-corrected chi connectivity index (χ4v) is 2.64. The van der Waals surface area contributed by atoms with Gasteiger partial charge in [-0.15, -0.1) is 0 Å². The largest absolute Gasteiger partial charge is 0.451 e. The van der Waals surface area contributed by atoms with Crippen LogP contribution in [-0.4, -0.2) is 12.5 Å². The van der Waals surface area contributed by atoms with Gasteiger partial charge in [-0.2, -0.15) is 0 Å². The lowest BCUT2D eigenvalue weighted by atomic mass is 10.1. The van der Waals surface area contributed by atoms with Crippen molar-refractivity contribution in [3.63, 3.8) is 0 Å². The summed E-state index contributed by atoms with van der Waals surface area (Å²) in [6.07, 6.45) is 0. The highest BCUT2D eigenvalue weighted by Gasteiger charge is 2.16. The second-order valence-corrected chi connectivity index (χ2v) is 5.96. The van der Waals surface area contributed by atoms with E-state index in [-0.39, 0.29) is 12.5 Å². The van der Waals surface area contributed by atoms with Crippen LogP contribution in [0.3, 0.4) is 0 Å². The summed E-state index contributed by atoms with van der Waals surface area (Å²) < 4.78 is 6.60. The molecule has 23 heavy (non-hydrogen) atoms. The van der Waals surface area contributed by atoms with Crippen LogP contribution in [0.4, 0.5) is 0 Å². The van der Waals surface area contributed by atoms with Crippen LogP contribution in [0.15, 0.2) is 57.4 Å². The van der Waals surface area contributed by atoms with Crippen LogP contribution in [0.5, 0.6) is 0 Å². The van der Waals surface area contributed by atoms with Gasteiger partial charge in [0.1, 0.15) is 5.58 Å². The van der Waals surface area contributed by atoms with Crippen molar-refractivity contribution in [2.75, 3.05) is 6.54 Å². The normalized spacial score (nSPS) is 10.2. The Hall–Kier alpha value is -2.51. The molecule has 2 aromatic carbocycles. The van der Waals surface area contributed by atoms with Gasteiger partial charge >= 0.3 is 0 Å². The van der Waals surface area contributed by atoms with Crippen molar-refractivity contribution in [3.05, 3.63) is 69.9 Å². The van der Waals surface area contributed by atoms with E-state index in [9.17, 15) is 4.79 Å². The van der Waals surface area contributed by atoms with Gasteiger partial charge in [-0.1, -0.05) is 46.0 Å². The number of benzene rings is 2. The highest BCUT2D eigenvalue weighted by Crippen LogP contribution is 2.27. The van der Waals surface area contributed by atoms with E-state index in [0.29, 0.717) is 11.3 Å². The smallest absolute Gasteiger partial charge is 0.288 e. The molecule has 1 aromatic heterocycles. The van der Waals surface area contributed by atoms with Crippen molar-refractivity contribution in [1.82, 2.24) is 5.32 Å². The number of rotatable bonds is 2. The van der Waals surface area contributed by atoms with Crippen LogP contribution in [0.25, 0.3) is 11.0 Å². The average molecular weight is 368 g/mol. The summed E-state index contributed by atoms with van der Waals surface area (Å²) in [6, 6.07) is 15.3. The quantitative estimate of drug-likeness (QED) is 0.686. The molecule has 0 saturated heterocycles. The number of carbonyl (C=O) groups is 1. The molecule has 0 aliphatic rings. The summed E-state index contributed by atoms with van der Waals surface area (Å²) in [7, 11) is 0. The van der Waals surface area contributed by atoms with Crippen molar-refractivity contribution in [1.29, 1.82) is 0 Å². The first-order valence-corrected chi connectivity index (χ1v) is 7.95. The van der Waals surface area contributed by atoms with E-state index < -0.39 is 0 Å². The molecule has 4 heteroatoms. The maximum absolute atomic E-state index is 12.2. The maximum atomic E-state index is 12.2. The molecule has 0 aliphatic carbocycles. The Balaban J connectivity index is 1.72. The molecule has 1 heterocycles. The van der Waals surface area contributed by atoms with Gasteiger partial charge in [-0.05, 0) is 37.3 Å². The van der Waals surface area contributed by atoms with Gasteiger partial charge in [-0.3, -0.25) is 4.79 Å². The van der Waals surface area contributed by atoms with Crippen LogP contribution < -0.4 is 5.32 Å². The number of nitrogens with one attached hydrogen (secondary N) is 1. The first-order valence-electron chi connectivity index (χ1n) is 7.16. The molecule has 3 rings (SSSR count). The third-order valence-electron chi connectivity index (χ3n) is 3.45. The summed E-state index contributed by atoms with van der Waals surface area (Å²) in [6.45, 7) is 2.15. The second kappa shape index (κ2) is 6.72. The number of carbonyl (C=O) groups excluding carboxylic acids is 1. The summed E-state index contributed by atoms with van der Waals surface area (Å²) in [5.41, 5.74) is 2.45. The molecule has 3 nitrogen and oxygen atoms in total. The molecule has 0 bridgehead atoms. The minimum Gasteiger partial charge on any atom is -0.451 e. The SMILES string of the molecule is Cc1c(C(=O)NCC#Cc2ccccc2)oc2ccc(Br)cc12. The van der Waals surface area contributed by atoms with E-state index >= 15 is 0 Å². The van der Waals surface area contributed by atoms with Crippen molar-refractivity contribution in [2.24, 2.45) is 0 Å². The molecule has 1 amide bonds.